The van der Waals surface area contributed by atoms with Crippen LogP contribution in [-0.2, 0) is 6.54 Å². The number of furan rings is 1. The second-order valence-electron chi connectivity index (χ2n) is 4.93. The van der Waals surface area contributed by atoms with Gasteiger partial charge in [0.2, 0.25) is 0 Å². The third kappa shape index (κ3) is 2.73. The Hall–Kier alpha value is -1.33. The molecule has 0 radical (unpaired) electrons. The molecule has 5 nitrogen and oxygen atoms in total. The summed E-state index contributed by atoms with van der Waals surface area (Å²) < 4.78 is 5.38. The summed E-state index contributed by atoms with van der Waals surface area (Å²) in [6.45, 7) is 2.18. The number of rotatable bonds is 4. The van der Waals surface area contributed by atoms with Gasteiger partial charge in [-0.2, -0.15) is 0 Å². The minimum atomic E-state index is -0.0741. The molecule has 1 atom stereocenters. The van der Waals surface area contributed by atoms with E-state index in [1.54, 1.807) is 17.0 Å². The summed E-state index contributed by atoms with van der Waals surface area (Å²) in [4.78, 5) is 16.2. The van der Waals surface area contributed by atoms with E-state index in [1.807, 2.05) is 7.05 Å². The number of likely N-dealkylation sites (tertiary alicyclic amines) is 1. The molecule has 1 amide bonds. The standard InChI is InChI=1S/C13H21N3O2/c1-15-7-3-4-10(15)9-16(2)13(17)12-6-5-11(8-14)18-12/h5-6,10H,3-4,7-9,14H2,1-2H3. The summed E-state index contributed by atoms with van der Waals surface area (Å²) in [5.74, 6) is 0.943. The van der Waals surface area contributed by atoms with Gasteiger partial charge in [-0.3, -0.25) is 4.79 Å². The second-order valence-corrected chi connectivity index (χ2v) is 4.93. The molecule has 0 saturated carbocycles. The molecule has 1 aromatic heterocycles. The lowest BCUT2D eigenvalue weighted by Crippen LogP contribution is -2.39. The van der Waals surface area contributed by atoms with Gasteiger partial charge in [-0.1, -0.05) is 0 Å². The highest BCUT2D eigenvalue weighted by molar-refractivity contribution is 5.91. The smallest absolute Gasteiger partial charge is 0.289 e. The lowest BCUT2D eigenvalue weighted by molar-refractivity contribution is 0.0728. The molecule has 100 valence electrons. The van der Waals surface area contributed by atoms with Gasteiger partial charge < -0.3 is 20.0 Å². The predicted molar refractivity (Wildman–Crippen MR) is 69.2 cm³/mol. The molecule has 1 unspecified atom stereocenters. The zero-order valence-corrected chi connectivity index (χ0v) is 11.1. The third-order valence-electron chi connectivity index (χ3n) is 3.58. The minimum Gasteiger partial charge on any atom is -0.455 e. The van der Waals surface area contributed by atoms with Crippen molar-refractivity contribution in [2.75, 3.05) is 27.2 Å². The topological polar surface area (TPSA) is 62.7 Å². The molecule has 0 aliphatic carbocycles. The first-order chi connectivity index (χ1) is 8.61. The Kier molecular flexibility index (Phi) is 4.04. The SMILES string of the molecule is CN(CC1CCCN1C)C(=O)c1ccc(CN)o1. The number of nitrogens with zero attached hydrogens (tertiary/aromatic N) is 2. The molecule has 1 saturated heterocycles. The zero-order valence-electron chi connectivity index (χ0n) is 11.1. The van der Waals surface area contributed by atoms with Crippen molar-refractivity contribution in [3.05, 3.63) is 23.7 Å². The average molecular weight is 251 g/mol. The number of nitrogens with two attached hydrogens (primary N) is 1. The Morgan fingerprint density at radius 2 is 2.39 bits per heavy atom. The quantitative estimate of drug-likeness (QED) is 0.863. The van der Waals surface area contributed by atoms with Crippen molar-refractivity contribution in [2.24, 2.45) is 5.73 Å². The second kappa shape index (κ2) is 5.54. The first-order valence-electron chi connectivity index (χ1n) is 6.36. The first kappa shape index (κ1) is 13.1. The number of amides is 1. The van der Waals surface area contributed by atoms with E-state index < -0.39 is 0 Å². The van der Waals surface area contributed by atoms with Gasteiger partial charge >= 0.3 is 0 Å². The number of carbonyl (C=O) groups is 1. The molecule has 5 heteroatoms. The average Bonchev–Trinajstić information content (AvgIpc) is 2.98. The van der Waals surface area contributed by atoms with Crippen molar-refractivity contribution in [1.29, 1.82) is 0 Å². The van der Waals surface area contributed by atoms with Crippen LogP contribution >= 0.6 is 0 Å². The molecule has 0 spiro atoms. The van der Waals surface area contributed by atoms with Crippen molar-refractivity contribution in [2.45, 2.75) is 25.4 Å². The monoisotopic (exact) mass is 251 g/mol. The Balaban J connectivity index is 1.95. The summed E-state index contributed by atoms with van der Waals surface area (Å²) in [6.07, 6.45) is 2.36. The van der Waals surface area contributed by atoms with Crippen molar-refractivity contribution in [1.82, 2.24) is 9.80 Å². The Bertz CT molecular complexity index is 416. The van der Waals surface area contributed by atoms with Crippen molar-refractivity contribution in [3.63, 3.8) is 0 Å². The van der Waals surface area contributed by atoms with E-state index in [0.29, 0.717) is 24.1 Å². The predicted octanol–water partition coefficient (Wildman–Crippen LogP) is 0.905. The number of hydrogen-bond donors (Lipinski definition) is 1. The summed E-state index contributed by atoms with van der Waals surface area (Å²) in [5, 5.41) is 0. The number of likely N-dealkylation sites (N-methyl/N-ethyl adjacent to an activating group) is 2. The van der Waals surface area contributed by atoms with Crippen LogP contribution in [0.25, 0.3) is 0 Å². The third-order valence-corrected chi connectivity index (χ3v) is 3.58. The van der Waals surface area contributed by atoms with Crippen LogP contribution in [0.2, 0.25) is 0 Å². The van der Waals surface area contributed by atoms with Crippen LogP contribution in [0.5, 0.6) is 0 Å². The van der Waals surface area contributed by atoms with Gasteiger partial charge in [0, 0.05) is 19.6 Å². The highest BCUT2D eigenvalue weighted by atomic mass is 16.4. The fourth-order valence-corrected chi connectivity index (χ4v) is 2.40. The van der Waals surface area contributed by atoms with E-state index in [4.69, 9.17) is 10.2 Å². The molecule has 1 aliphatic heterocycles. The maximum atomic E-state index is 12.1. The molecule has 0 bridgehead atoms. The maximum Gasteiger partial charge on any atom is 0.289 e. The van der Waals surface area contributed by atoms with Gasteiger partial charge in [-0.15, -0.1) is 0 Å². The summed E-state index contributed by atoms with van der Waals surface area (Å²) >= 11 is 0. The van der Waals surface area contributed by atoms with Crippen LogP contribution in [0.4, 0.5) is 0 Å². The lowest BCUT2D eigenvalue weighted by atomic mass is 10.2. The van der Waals surface area contributed by atoms with Crippen LogP contribution in [0.1, 0.15) is 29.2 Å². The van der Waals surface area contributed by atoms with Crippen LogP contribution in [0.15, 0.2) is 16.5 Å². The van der Waals surface area contributed by atoms with Crippen LogP contribution in [0, 0.1) is 0 Å². The van der Waals surface area contributed by atoms with E-state index in [2.05, 4.69) is 11.9 Å². The highest BCUT2D eigenvalue weighted by Crippen LogP contribution is 2.17. The molecule has 2 heterocycles. The molecule has 2 N–H and O–H groups in total. The molecule has 1 aliphatic rings. The molecule has 1 aromatic rings. The fraction of sp³-hybridized carbons (Fsp3) is 0.615. The van der Waals surface area contributed by atoms with Gasteiger partial charge in [0.25, 0.3) is 5.91 Å². The Morgan fingerprint density at radius 3 is 2.94 bits per heavy atom. The van der Waals surface area contributed by atoms with Crippen molar-refractivity contribution >= 4 is 5.91 Å². The van der Waals surface area contributed by atoms with Crippen LogP contribution in [-0.4, -0.2) is 48.9 Å². The normalized spacial score (nSPS) is 20.3. The molecule has 18 heavy (non-hydrogen) atoms. The molecular formula is C13H21N3O2. The Morgan fingerprint density at radius 1 is 1.61 bits per heavy atom. The van der Waals surface area contributed by atoms with E-state index in [1.165, 1.54) is 6.42 Å². The van der Waals surface area contributed by atoms with E-state index >= 15 is 0 Å². The van der Waals surface area contributed by atoms with Gasteiger partial charge in [0.1, 0.15) is 5.76 Å². The van der Waals surface area contributed by atoms with Gasteiger partial charge in [-0.05, 0) is 38.6 Å². The van der Waals surface area contributed by atoms with E-state index in [-0.39, 0.29) is 5.91 Å². The number of carbonyl (C=O) groups excluding carboxylic acids is 1. The van der Waals surface area contributed by atoms with Crippen LogP contribution < -0.4 is 5.73 Å². The molecule has 2 rings (SSSR count). The van der Waals surface area contributed by atoms with Crippen molar-refractivity contribution in [3.8, 4) is 0 Å². The molecule has 1 fully saturated rings. The zero-order chi connectivity index (χ0) is 13.1. The maximum absolute atomic E-state index is 12.1. The molecule has 0 aromatic carbocycles. The number of hydrogen-bond acceptors (Lipinski definition) is 4. The van der Waals surface area contributed by atoms with E-state index in [0.717, 1.165) is 19.5 Å². The van der Waals surface area contributed by atoms with Gasteiger partial charge in [-0.25, -0.2) is 0 Å². The summed E-state index contributed by atoms with van der Waals surface area (Å²) in [6, 6.07) is 3.91. The summed E-state index contributed by atoms with van der Waals surface area (Å²) in [7, 11) is 3.93. The summed E-state index contributed by atoms with van der Waals surface area (Å²) in [5.41, 5.74) is 5.46. The van der Waals surface area contributed by atoms with Gasteiger partial charge in [0.05, 0.1) is 6.54 Å². The largest absolute Gasteiger partial charge is 0.455 e. The van der Waals surface area contributed by atoms with Crippen molar-refractivity contribution < 1.29 is 9.21 Å². The van der Waals surface area contributed by atoms with Gasteiger partial charge in [0.15, 0.2) is 5.76 Å². The van der Waals surface area contributed by atoms with Crippen LogP contribution in [0.3, 0.4) is 0 Å². The minimum absolute atomic E-state index is 0.0741. The Labute approximate surface area is 108 Å². The lowest BCUT2D eigenvalue weighted by Gasteiger charge is -2.25. The fourth-order valence-electron chi connectivity index (χ4n) is 2.40. The molecular weight excluding hydrogens is 230 g/mol. The van der Waals surface area contributed by atoms with E-state index in [9.17, 15) is 4.79 Å². The highest BCUT2D eigenvalue weighted by Gasteiger charge is 2.25. The first-order valence-corrected chi connectivity index (χ1v) is 6.36.